The normalized spacial score (nSPS) is 19.5. The van der Waals surface area contributed by atoms with Gasteiger partial charge in [0.05, 0.1) is 12.2 Å². The highest BCUT2D eigenvalue weighted by Crippen LogP contribution is 2.35. The molecule has 6 nitrogen and oxygen atoms in total. The van der Waals surface area contributed by atoms with Gasteiger partial charge < -0.3 is 10.2 Å². The quantitative estimate of drug-likeness (QED) is 0.598. The molecule has 5 rings (SSSR count). The van der Waals surface area contributed by atoms with E-state index in [1.165, 1.54) is 38.2 Å². The Bertz CT molecular complexity index is 1090. The lowest BCUT2D eigenvalue weighted by Gasteiger charge is -2.26. The molecule has 2 aliphatic rings. The average molecular weight is 436 g/mol. The number of fused-ring (bicyclic) bond motifs is 1. The Kier molecular flexibility index (Phi) is 6.06. The first-order valence-electron chi connectivity index (χ1n) is 11.8. The van der Waals surface area contributed by atoms with Gasteiger partial charge in [0.25, 0.3) is 5.91 Å². The van der Waals surface area contributed by atoms with Gasteiger partial charge in [0.2, 0.25) is 0 Å². The van der Waals surface area contributed by atoms with Crippen molar-refractivity contribution >= 4 is 17.4 Å². The Hall–Kier alpha value is -2.96. The maximum Gasteiger partial charge on any atom is 0.271 e. The van der Waals surface area contributed by atoms with E-state index in [0.29, 0.717) is 17.9 Å². The Balaban J connectivity index is 1.32. The molecule has 1 aliphatic carbocycles. The first kappa shape index (κ1) is 20.9. The minimum Gasteiger partial charge on any atom is -0.351 e. The summed E-state index contributed by atoms with van der Waals surface area (Å²) in [6.45, 7) is 1.53. The number of carbonyl (C=O) groups is 1. The van der Waals surface area contributed by atoms with Gasteiger partial charge in [0.15, 0.2) is 11.3 Å². The first-order chi connectivity index (χ1) is 15.7. The molecule has 1 saturated carbocycles. The van der Waals surface area contributed by atoms with Crippen LogP contribution in [0.15, 0.2) is 42.6 Å². The number of imidazole rings is 1. The molecule has 1 unspecified atom stereocenters. The van der Waals surface area contributed by atoms with Crippen molar-refractivity contribution < 1.29 is 9.18 Å². The third-order valence-corrected chi connectivity index (χ3v) is 6.92. The maximum absolute atomic E-state index is 13.8. The van der Waals surface area contributed by atoms with E-state index < -0.39 is 0 Å². The molecule has 168 valence electrons. The van der Waals surface area contributed by atoms with Crippen molar-refractivity contribution in [1.29, 1.82) is 0 Å². The van der Waals surface area contributed by atoms with Crippen LogP contribution in [-0.2, 0) is 0 Å². The summed E-state index contributed by atoms with van der Waals surface area (Å²) >= 11 is 0. The van der Waals surface area contributed by atoms with Crippen molar-refractivity contribution in [3.63, 3.8) is 0 Å². The maximum atomic E-state index is 13.8. The summed E-state index contributed by atoms with van der Waals surface area (Å²) in [5.41, 5.74) is 2.05. The Morgan fingerprint density at radius 1 is 1.09 bits per heavy atom. The van der Waals surface area contributed by atoms with Crippen LogP contribution < -0.4 is 10.2 Å². The van der Waals surface area contributed by atoms with Gasteiger partial charge in [-0.3, -0.25) is 4.79 Å². The number of amides is 1. The molecule has 1 amide bonds. The monoisotopic (exact) mass is 435 g/mol. The molecule has 32 heavy (non-hydrogen) atoms. The molecule has 1 saturated heterocycles. The zero-order chi connectivity index (χ0) is 21.9. The highest BCUT2D eigenvalue weighted by Gasteiger charge is 2.28. The number of nitrogens with one attached hydrogen (secondary N) is 1. The minimum absolute atomic E-state index is 0.0759. The number of aromatic nitrogens is 3. The van der Waals surface area contributed by atoms with Gasteiger partial charge in [-0.1, -0.05) is 44.2 Å². The number of hydrogen-bond donors (Lipinski definition) is 1. The summed E-state index contributed by atoms with van der Waals surface area (Å²) < 4.78 is 15.4. The predicted octanol–water partition coefficient (Wildman–Crippen LogP) is 4.91. The Labute approximate surface area is 187 Å². The number of anilines is 1. The molecule has 1 aromatic carbocycles. The summed E-state index contributed by atoms with van der Waals surface area (Å²) in [7, 11) is 0. The molecule has 0 bridgehead atoms. The molecule has 1 atom stereocenters. The average Bonchev–Trinajstić information content (AvgIpc) is 3.47. The smallest absolute Gasteiger partial charge is 0.271 e. The highest BCUT2D eigenvalue weighted by atomic mass is 19.1. The van der Waals surface area contributed by atoms with Gasteiger partial charge in [0.1, 0.15) is 11.6 Å². The largest absolute Gasteiger partial charge is 0.351 e. The predicted molar refractivity (Wildman–Crippen MR) is 122 cm³/mol. The molecule has 3 aromatic rings. The number of rotatable bonds is 6. The summed E-state index contributed by atoms with van der Waals surface area (Å²) in [5.74, 6) is 1.14. The lowest BCUT2D eigenvalue weighted by atomic mass is 9.87. The molecule has 0 spiro atoms. The van der Waals surface area contributed by atoms with Gasteiger partial charge in [0, 0.05) is 13.1 Å². The van der Waals surface area contributed by atoms with E-state index in [0.717, 1.165) is 43.1 Å². The van der Waals surface area contributed by atoms with E-state index >= 15 is 0 Å². The van der Waals surface area contributed by atoms with E-state index in [9.17, 15) is 9.18 Å². The second-order valence-electron chi connectivity index (χ2n) is 9.06. The lowest BCUT2D eigenvalue weighted by Crippen LogP contribution is -2.28. The fourth-order valence-electron chi connectivity index (χ4n) is 5.23. The van der Waals surface area contributed by atoms with Crippen LogP contribution in [0.25, 0.3) is 5.65 Å². The van der Waals surface area contributed by atoms with Crippen molar-refractivity contribution in [2.24, 2.45) is 5.92 Å². The van der Waals surface area contributed by atoms with Crippen LogP contribution in [0.1, 0.15) is 73.5 Å². The van der Waals surface area contributed by atoms with Gasteiger partial charge in [-0.2, -0.15) is 0 Å². The fraction of sp³-hybridized carbons (Fsp3) is 0.480. The zero-order valence-electron chi connectivity index (χ0n) is 18.3. The van der Waals surface area contributed by atoms with E-state index in [2.05, 4.69) is 15.2 Å². The fourth-order valence-corrected chi connectivity index (χ4v) is 5.23. The molecular formula is C25H30FN5O. The van der Waals surface area contributed by atoms with Crippen LogP contribution in [0.2, 0.25) is 0 Å². The highest BCUT2D eigenvalue weighted by molar-refractivity contribution is 5.93. The Morgan fingerprint density at radius 2 is 1.97 bits per heavy atom. The van der Waals surface area contributed by atoms with Crippen LogP contribution >= 0.6 is 0 Å². The third-order valence-electron chi connectivity index (χ3n) is 6.92. The van der Waals surface area contributed by atoms with E-state index in [4.69, 9.17) is 5.10 Å². The number of carbonyl (C=O) groups excluding carboxylic acids is 1. The summed E-state index contributed by atoms with van der Waals surface area (Å²) in [5, 5.41) is 7.82. The van der Waals surface area contributed by atoms with Crippen LogP contribution in [0, 0.1) is 11.7 Å². The van der Waals surface area contributed by atoms with Crippen molar-refractivity contribution in [3.8, 4) is 0 Å². The summed E-state index contributed by atoms with van der Waals surface area (Å²) in [6.07, 6.45) is 11.1. The molecule has 1 N–H and O–H groups in total. The second kappa shape index (κ2) is 9.27. The van der Waals surface area contributed by atoms with Gasteiger partial charge in [-0.05, 0) is 55.0 Å². The number of nitrogens with zero attached hydrogens (tertiary/aromatic N) is 4. The second-order valence-corrected chi connectivity index (χ2v) is 9.06. The first-order valence-corrected chi connectivity index (χ1v) is 11.8. The number of halogens is 1. The summed E-state index contributed by atoms with van der Waals surface area (Å²) in [4.78, 5) is 19.4. The molecule has 7 heteroatoms. The molecule has 3 heterocycles. The molecule has 0 radical (unpaired) electrons. The number of benzene rings is 1. The lowest BCUT2D eigenvalue weighted by molar-refractivity contribution is 0.0943. The van der Waals surface area contributed by atoms with Crippen molar-refractivity contribution in [2.75, 3.05) is 18.0 Å². The summed E-state index contributed by atoms with van der Waals surface area (Å²) in [6, 6.07) is 10.7. The van der Waals surface area contributed by atoms with E-state index in [1.54, 1.807) is 22.8 Å². The number of hydrogen-bond acceptors (Lipinski definition) is 4. The van der Waals surface area contributed by atoms with E-state index in [-0.39, 0.29) is 17.8 Å². The molecule has 1 aliphatic heterocycles. The minimum atomic E-state index is -0.223. The molecule has 2 fully saturated rings. The topological polar surface area (TPSA) is 62.5 Å². The Morgan fingerprint density at radius 3 is 2.81 bits per heavy atom. The van der Waals surface area contributed by atoms with E-state index in [1.807, 2.05) is 18.2 Å². The molecule has 2 aromatic heterocycles. The van der Waals surface area contributed by atoms with Crippen LogP contribution in [0.3, 0.4) is 0 Å². The third kappa shape index (κ3) is 4.33. The van der Waals surface area contributed by atoms with Crippen LogP contribution in [-0.4, -0.2) is 33.6 Å². The standard InChI is InChI=1S/C25H30FN5O/c26-20-9-4-8-19(16-20)21-10-5-15-30(21)24-12-11-23-28-17-22(31(23)29-24)25(32)27-14-13-18-6-2-1-3-7-18/h4,8-9,11-12,16-18,21H,1-3,5-7,10,13-15H2,(H,27,32). The van der Waals surface area contributed by atoms with Crippen LogP contribution in [0.5, 0.6) is 0 Å². The van der Waals surface area contributed by atoms with Gasteiger partial charge in [-0.15, -0.1) is 5.10 Å². The zero-order valence-corrected chi connectivity index (χ0v) is 18.3. The SMILES string of the molecule is O=C(NCCC1CCCCC1)c1cnc2ccc(N3CCCC3c3cccc(F)c3)nn12. The van der Waals surface area contributed by atoms with Gasteiger partial charge >= 0.3 is 0 Å². The van der Waals surface area contributed by atoms with Crippen molar-refractivity contribution in [2.45, 2.75) is 57.4 Å². The molecular weight excluding hydrogens is 405 g/mol. The van der Waals surface area contributed by atoms with Gasteiger partial charge in [-0.25, -0.2) is 13.9 Å². The van der Waals surface area contributed by atoms with Crippen molar-refractivity contribution in [3.05, 3.63) is 59.7 Å². The van der Waals surface area contributed by atoms with Crippen LogP contribution in [0.4, 0.5) is 10.2 Å². The van der Waals surface area contributed by atoms with Crippen molar-refractivity contribution in [1.82, 2.24) is 19.9 Å².